The minimum atomic E-state index is -0.488. The Morgan fingerprint density at radius 2 is 1.88 bits per heavy atom. The summed E-state index contributed by atoms with van der Waals surface area (Å²) >= 11 is 1.12. The smallest absolute Gasteiger partial charge is 0.237 e. The van der Waals surface area contributed by atoms with Crippen molar-refractivity contribution in [2.24, 2.45) is 0 Å². The molecule has 6 nitrogen and oxygen atoms in total. The van der Waals surface area contributed by atoms with Crippen LogP contribution >= 0.6 is 11.8 Å². The summed E-state index contributed by atoms with van der Waals surface area (Å²) in [5.74, 6) is -0.164. The SMILES string of the molecule is Cc1ccc(NC(=O)[C@H](C)Sc2nc(N)c(C#N)cc2C#N)cc1. The van der Waals surface area contributed by atoms with Gasteiger partial charge < -0.3 is 11.1 Å². The van der Waals surface area contributed by atoms with Gasteiger partial charge in [-0.05, 0) is 32.0 Å². The number of anilines is 2. The number of nitrogen functional groups attached to an aromatic ring is 1. The largest absolute Gasteiger partial charge is 0.383 e. The number of nitrogens with one attached hydrogen (secondary N) is 1. The van der Waals surface area contributed by atoms with Gasteiger partial charge in [0.15, 0.2) is 0 Å². The summed E-state index contributed by atoms with van der Waals surface area (Å²) < 4.78 is 0. The molecule has 0 fully saturated rings. The highest BCUT2D eigenvalue weighted by molar-refractivity contribution is 8.00. The summed E-state index contributed by atoms with van der Waals surface area (Å²) in [6.07, 6.45) is 0. The Balaban J connectivity index is 2.14. The molecule has 1 aromatic heterocycles. The fourth-order valence-electron chi connectivity index (χ4n) is 1.87. The number of aromatic nitrogens is 1. The first kappa shape index (κ1) is 17.3. The minimum absolute atomic E-state index is 0.0464. The van der Waals surface area contributed by atoms with Gasteiger partial charge in [-0.1, -0.05) is 29.5 Å². The Labute approximate surface area is 144 Å². The molecule has 1 heterocycles. The number of nitrogens with two attached hydrogens (primary N) is 1. The summed E-state index contributed by atoms with van der Waals surface area (Å²) in [5, 5.41) is 20.8. The van der Waals surface area contributed by atoms with Gasteiger partial charge in [0.1, 0.15) is 23.0 Å². The highest BCUT2D eigenvalue weighted by Crippen LogP contribution is 2.28. The second kappa shape index (κ2) is 7.49. The van der Waals surface area contributed by atoms with Crippen molar-refractivity contribution in [3.63, 3.8) is 0 Å². The van der Waals surface area contributed by atoms with Crippen molar-refractivity contribution in [1.82, 2.24) is 4.98 Å². The van der Waals surface area contributed by atoms with Crippen LogP contribution in [0, 0.1) is 29.6 Å². The van der Waals surface area contributed by atoms with Crippen LogP contribution in [-0.2, 0) is 4.79 Å². The maximum absolute atomic E-state index is 12.3. The van der Waals surface area contributed by atoms with Crippen molar-refractivity contribution in [3.8, 4) is 12.1 Å². The van der Waals surface area contributed by atoms with E-state index in [0.717, 1.165) is 17.3 Å². The number of aryl methyl sites for hydroxylation is 1. The molecule has 0 aliphatic carbocycles. The molecular formula is C17H15N5OS. The summed E-state index contributed by atoms with van der Waals surface area (Å²) in [5.41, 5.74) is 7.86. The van der Waals surface area contributed by atoms with E-state index in [1.807, 2.05) is 43.3 Å². The summed E-state index contributed by atoms with van der Waals surface area (Å²) in [4.78, 5) is 16.4. The molecule has 0 bridgehead atoms. The van der Waals surface area contributed by atoms with E-state index in [4.69, 9.17) is 11.0 Å². The van der Waals surface area contributed by atoms with Crippen LogP contribution in [-0.4, -0.2) is 16.1 Å². The van der Waals surface area contributed by atoms with Gasteiger partial charge in [0.25, 0.3) is 0 Å². The Kier molecular flexibility index (Phi) is 5.41. The molecule has 0 spiro atoms. The summed E-state index contributed by atoms with van der Waals surface area (Å²) in [7, 11) is 0. The normalized spacial score (nSPS) is 11.2. The zero-order valence-electron chi connectivity index (χ0n) is 13.2. The van der Waals surface area contributed by atoms with Gasteiger partial charge in [-0.25, -0.2) is 4.98 Å². The van der Waals surface area contributed by atoms with E-state index in [1.165, 1.54) is 6.07 Å². The molecule has 1 amide bonds. The van der Waals surface area contributed by atoms with Crippen LogP contribution < -0.4 is 11.1 Å². The third kappa shape index (κ3) is 4.03. The number of thioether (sulfide) groups is 1. The van der Waals surface area contributed by atoms with Crippen molar-refractivity contribution >= 4 is 29.2 Å². The Hall–Kier alpha value is -3.03. The second-order valence-corrected chi connectivity index (χ2v) is 6.44. The van der Waals surface area contributed by atoms with Crippen molar-refractivity contribution in [1.29, 1.82) is 10.5 Å². The van der Waals surface area contributed by atoms with E-state index < -0.39 is 5.25 Å². The molecule has 24 heavy (non-hydrogen) atoms. The van der Waals surface area contributed by atoms with Crippen molar-refractivity contribution < 1.29 is 4.79 Å². The quantitative estimate of drug-likeness (QED) is 0.829. The Morgan fingerprint density at radius 3 is 2.46 bits per heavy atom. The molecule has 7 heteroatoms. The van der Waals surface area contributed by atoms with Crippen LogP contribution in [0.5, 0.6) is 0 Å². The molecule has 1 atom stereocenters. The molecule has 0 radical (unpaired) electrons. The van der Waals surface area contributed by atoms with Gasteiger partial charge in [0.2, 0.25) is 5.91 Å². The van der Waals surface area contributed by atoms with E-state index in [0.29, 0.717) is 10.7 Å². The average molecular weight is 337 g/mol. The van der Waals surface area contributed by atoms with Crippen molar-refractivity contribution in [3.05, 3.63) is 47.0 Å². The second-order valence-electron chi connectivity index (χ2n) is 5.11. The van der Waals surface area contributed by atoms with Crippen molar-refractivity contribution in [2.75, 3.05) is 11.1 Å². The fourth-order valence-corrected chi connectivity index (χ4v) is 2.75. The molecular weight excluding hydrogens is 322 g/mol. The lowest BCUT2D eigenvalue weighted by Gasteiger charge is -2.13. The number of carbonyl (C=O) groups is 1. The molecule has 120 valence electrons. The minimum Gasteiger partial charge on any atom is -0.383 e. The molecule has 0 saturated carbocycles. The van der Waals surface area contributed by atoms with E-state index in [9.17, 15) is 10.1 Å². The molecule has 2 rings (SSSR count). The molecule has 3 N–H and O–H groups in total. The van der Waals surface area contributed by atoms with Crippen LogP contribution in [0.25, 0.3) is 0 Å². The summed E-state index contributed by atoms with van der Waals surface area (Å²) in [6.45, 7) is 3.68. The first-order chi connectivity index (χ1) is 11.4. The average Bonchev–Trinajstić information content (AvgIpc) is 2.57. The van der Waals surface area contributed by atoms with E-state index in [-0.39, 0.29) is 22.9 Å². The zero-order valence-corrected chi connectivity index (χ0v) is 14.0. The summed E-state index contributed by atoms with van der Waals surface area (Å²) in [6, 6.07) is 12.7. The van der Waals surface area contributed by atoms with Crippen LogP contribution in [0.1, 0.15) is 23.6 Å². The topological polar surface area (TPSA) is 116 Å². The van der Waals surface area contributed by atoms with E-state index in [1.54, 1.807) is 6.92 Å². The van der Waals surface area contributed by atoms with Crippen LogP contribution in [0.2, 0.25) is 0 Å². The first-order valence-corrected chi connectivity index (χ1v) is 7.97. The van der Waals surface area contributed by atoms with Gasteiger partial charge >= 0.3 is 0 Å². The maximum atomic E-state index is 12.3. The van der Waals surface area contributed by atoms with Crippen LogP contribution in [0.15, 0.2) is 35.4 Å². The van der Waals surface area contributed by atoms with E-state index >= 15 is 0 Å². The molecule has 1 aromatic carbocycles. The third-order valence-electron chi connectivity index (χ3n) is 3.23. The molecule has 0 aliphatic heterocycles. The lowest BCUT2D eigenvalue weighted by molar-refractivity contribution is -0.115. The Morgan fingerprint density at radius 1 is 1.25 bits per heavy atom. The highest BCUT2D eigenvalue weighted by atomic mass is 32.2. The molecule has 0 unspecified atom stereocenters. The molecule has 0 aliphatic rings. The number of rotatable bonds is 4. The zero-order chi connectivity index (χ0) is 17.7. The number of amides is 1. The lowest BCUT2D eigenvalue weighted by Crippen LogP contribution is -2.22. The van der Waals surface area contributed by atoms with Gasteiger partial charge in [-0.15, -0.1) is 0 Å². The fraction of sp³-hybridized carbons (Fsp3) is 0.176. The number of hydrogen-bond acceptors (Lipinski definition) is 6. The van der Waals surface area contributed by atoms with Crippen molar-refractivity contribution in [2.45, 2.75) is 24.1 Å². The van der Waals surface area contributed by atoms with Gasteiger partial charge in [-0.3, -0.25) is 4.79 Å². The van der Waals surface area contributed by atoms with Gasteiger partial charge in [0, 0.05) is 5.69 Å². The molecule has 0 saturated heterocycles. The number of benzene rings is 1. The predicted molar refractivity (Wildman–Crippen MR) is 93.2 cm³/mol. The lowest BCUT2D eigenvalue weighted by atomic mass is 10.2. The number of pyridine rings is 1. The number of hydrogen-bond donors (Lipinski definition) is 2. The highest BCUT2D eigenvalue weighted by Gasteiger charge is 2.19. The van der Waals surface area contributed by atoms with Gasteiger partial charge in [-0.2, -0.15) is 10.5 Å². The van der Waals surface area contributed by atoms with E-state index in [2.05, 4.69) is 10.3 Å². The third-order valence-corrected chi connectivity index (χ3v) is 4.34. The number of nitrogens with zero attached hydrogens (tertiary/aromatic N) is 3. The maximum Gasteiger partial charge on any atom is 0.237 e. The standard InChI is InChI=1S/C17H15N5OS/c1-10-3-5-14(6-4-10)21-16(23)11(2)24-17-13(9-19)7-12(8-18)15(20)22-17/h3-7,11H,1-2H3,(H2,20,22)(H,21,23)/t11-/m0/s1. The first-order valence-electron chi connectivity index (χ1n) is 7.09. The molecule has 2 aromatic rings. The van der Waals surface area contributed by atoms with Crippen LogP contribution in [0.3, 0.4) is 0 Å². The Bertz CT molecular complexity index is 849. The monoisotopic (exact) mass is 337 g/mol. The number of nitriles is 2. The van der Waals surface area contributed by atoms with Crippen LogP contribution in [0.4, 0.5) is 11.5 Å². The van der Waals surface area contributed by atoms with Gasteiger partial charge in [0.05, 0.1) is 16.4 Å². The predicted octanol–water partition coefficient (Wildman–Crippen LogP) is 2.83. The number of carbonyl (C=O) groups excluding carboxylic acids is 1.